The SMILES string of the molecule is CCSc1ccc(C2COc3c(ccc(OC(C)(C)CC)c3C)C2)cc1O. The molecule has 0 saturated heterocycles. The van der Waals surface area contributed by atoms with Gasteiger partial charge in [-0.2, -0.15) is 0 Å². The minimum absolute atomic E-state index is 0.189. The average molecular weight is 387 g/mol. The lowest BCUT2D eigenvalue weighted by Crippen LogP contribution is -2.27. The first kappa shape index (κ1) is 19.9. The minimum Gasteiger partial charge on any atom is -0.507 e. The zero-order valence-electron chi connectivity index (χ0n) is 17.0. The van der Waals surface area contributed by atoms with Gasteiger partial charge in [-0.25, -0.2) is 0 Å². The van der Waals surface area contributed by atoms with Gasteiger partial charge in [0.05, 0.1) is 6.61 Å². The Balaban J connectivity index is 1.81. The normalized spacial score (nSPS) is 16.6. The standard InChI is InChI=1S/C23H30O3S/c1-6-23(4,5)26-20-10-8-17-12-18(14-25-22(17)15(20)3)16-9-11-21(27-7-2)19(24)13-16/h8-11,13,18,24H,6-7,12,14H2,1-5H3. The van der Waals surface area contributed by atoms with Crippen molar-refractivity contribution in [1.82, 2.24) is 0 Å². The molecule has 1 aliphatic rings. The van der Waals surface area contributed by atoms with Crippen molar-refractivity contribution >= 4 is 11.8 Å². The van der Waals surface area contributed by atoms with E-state index in [0.717, 1.165) is 46.1 Å². The molecule has 1 N–H and O–H groups in total. The molecule has 0 fully saturated rings. The fourth-order valence-electron chi connectivity index (χ4n) is 3.36. The maximum absolute atomic E-state index is 10.3. The van der Waals surface area contributed by atoms with Crippen LogP contribution >= 0.6 is 11.8 Å². The zero-order chi connectivity index (χ0) is 19.6. The van der Waals surface area contributed by atoms with Crippen molar-refractivity contribution in [2.24, 2.45) is 0 Å². The summed E-state index contributed by atoms with van der Waals surface area (Å²) in [4.78, 5) is 0.939. The number of benzene rings is 2. The first-order valence-corrected chi connectivity index (χ1v) is 10.7. The Morgan fingerprint density at radius 1 is 1.22 bits per heavy atom. The monoisotopic (exact) mass is 386 g/mol. The van der Waals surface area contributed by atoms with E-state index in [1.54, 1.807) is 11.8 Å². The summed E-state index contributed by atoms with van der Waals surface area (Å²) in [6.45, 7) is 11.1. The van der Waals surface area contributed by atoms with Gasteiger partial charge >= 0.3 is 0 Å². The van der Waals surface area contributed by atoms with Crippen LogP contribution in [0.3, 0.4) is 0 Å². The third-order valence-electron chi connectivity index (χ3n) is 5.32. The number of hydrogen-bond acceptors (Lipinski definition) is 4. The van der Waals surface area contributed by atoms with E-state index in [-0.39, 0.29) is 11.5 Å². The highest BCUT2D eigenvalue weighted by Gasteiger charge is 2.26. The Kier molecular flexibility index (Phi) is 5.95. The van der Waals surface area contributed by atoms with Gasteiger partial charge < -0.3 is 14.6 Å². The lowest BCUT2D eigenvalue weighted by atomic mass is 9.89. The van der Waals surface area contributed by atoms with Crippen LogP contribution in [0.2, 0.25) is 0 Å². The molecule has 1 unspecified atom stereocenters. The maximum atomic E-state index is 10.3. The lowest BCUT2D eigenvalue weighted by Gasteiger charge is -2.30. The van der Waals surface area contributed by atoms with Crippen LogP contribution in [0, 0.1) is 6.92 Å². The summed E-state index contributed by atoms with van der Waals surface area (Å²) >= 11 is 1.66. The van der Waals surface area contributed by atoms with Gasteiger partial charge in [-0.15, -0.1) is 11.8 Å². The van der Waals surface area contributed by atoms with Gasteiger partial charge in [0.1, 0.15) is 22.8 Å². The molecule has 1 heterocycles. The predicted molar refractivity (Wildman–Crippen MR) is 113 cm³/mol. The molecule has 4 heteroatoms. The number of fused-ring (bicyclic) bond motifs is 1. The van der Waals surface area contributed by atoms with Crippen molar-refractivity contribution in [3.05, 3.63) is 47.0 Å². The summed E-state index contributed by atoms with van der Waals surface area (Å²) in [7, 11) is 0. The summed E-state index contributed by atoms with van der Waals surface area (Å²) in [5, 5.41) is 10.3. The molecule has 3 nitrogen and oxygen atoms in total. The number of ether oxygens (including phenoxy) is 2. The maximum Gasteiger partial charge on any atom is 0.129 e. The second-order valence-electron chi connectivity index (χ2n) is 7.76. The summed E-state index contributed by atoms with van der Waals surface area (Å²) in [5.74, 6) is 3.43. The molecule has 0 radical (unpaired) electrons. The molecule has 1 aliphatic heterocycles. The largest absolute Gasteiger partial charge is 0.507 e. The third kappa shape index (κ3) is 4.37. The first-order valence-electron chi connectivity index (χ1n) is 9.74. The van der Waals surface area contributed by atoms with Gasteiger partial charge in [0, 0.05) is 16.4 Å². The highest BCUT2D eigenvalue weighted by molar-refractivity contribution is 7.99. The summed E-state index contributed by atoms with van der Waals surface area (Å²) in [6, 6.07) is 10.2. The first-order chi connectivity index (χ1) is 12.8. The van der Waals surface area contributed by atoms with Crippen LogP contribution in [0.5, 0.6) is 17.2 Å². The van der Waals surface area contributed by atoms with Gasteiger partial charge in [-0.05, 0) is 68.7 Å². The lowest BCUT2D eigenvalue weighted by molar-refractivity contribution is 0.103. The number of phenols is 1. The van der Waals surface area contributed by atoms with Gasteiger partial charge in [0.25, 0.3) is 0 Å². The molecule has 0 saturated carbocycles. The molecule has 146 valence electrons. The second-order valence-corrected chi connectivity index (χ2v) is 9.07. The van der Waals surface area contributed by atoms with E-state index in [1.165, 1.54) is 5.56 Å². The van der Waals surface area contributed by atoms with E-state index in [0.29, 0.717) is 12.4 Å². The van der Waals surface area contributed by atoms with Gasteiger partial charge in [-0.3, -0.25) is 0 Å². The van der Waals surface area contributed by atoms with Crippen LogP contribution in [0.15, 0.2) is 35.2 Å². The number of aromatic hydroxyl groups is 1. The fraction of sp³-hybridized carbons (Fsp3) is 0.478. The zero-order valence-corrected chi connectivity index (χ0v) is 17.8. The Bertz CT molecular complexity index is 814. The Hall–Kier alpha value is -1.81. The highest BCUT2D eigenvalue weighted by atomic mass is 32.2. The quantitative estimate of drug-likeness (QED) is 0.609. The topological polar surface area (TPSA) is 38.7 Å². The molecular formula is C23H30O3S. The van der Waals surface area contributed by atoms with Crippen molar-refractivity contribution in [3.8, 4) is 17.2 Å². The van der Waals surface area contributed by atoms with Crippen LogP contribution in [-0.4, -0.2) is 23.1 Å². The predicted octanol–water partition coefficient (Wildman–Crippen LogP) is 6.10. The second kappa shape index (κ2) is 8.05. The fourth-order valence-corrected chi connectivity index (χ4v) is 4.04. The molecule has 1 atom stereocenters. The molecule has 27 heavy (non-hydrogen) atoms. The molecular weight excluding hydrogens is 356 g/mol. The molecule has 0 spiro atoms. The third-order valence-corrected chi connectivity index (χ3v) is 6.27. The number of phenolic OH excluding ortho intramolecular Hbond substituents is 1. The summed E-state index contributed by atoms with van der Waals surface area (Å²) < 4.78 is 12.4. The minimum atomic E-state index is -0.189. The molecule has 2 aromatic carbocycles. The molecule has 0 bridgehead atoms. The summed E-state index contributed by atoms with van der Waals surface area (Å²) in [5.41, 5.74) is 3.22. The van der Waals surface area contributed by atoms with E-state index >= 15 is 0 Å². The highest BCUT2D eigenvalue weighted by Crippen LogP contribution is 2.41. The Morgan fingerprint density at radius 3 is 2.67 bits per heavy atom. The Morgan fingerprint density at radius 2 is 2.00 bits per heavy atom. The Labute approximate surface area is 167 Å². The summed E-state index contributed by atoms with van der Waals surface area (Å²) in [6.07, 6.45) is 1.86. The van der Waals surface area contributed by atoms with E-state index in [2.05, 4.69) is 52.8 Å². The van der Waals surface area contributed by atoms with Gasteiger partial charge in [-0.1, -0.05) is 26.0 Å². The van der Waals surface area contributed by atoms with Crippen LogP contribution in [0.1, 0.15) is 56.7 Å². The van der Waals surface area contributed by atoms with Gasteiger partial charge in [0.2, 0.25) is 0 Å². The van der Waals surface area contributed by atoms with Crippen molar-refractivity contribution in [2.45, 2.75) is 63.9 Å². The number of rotatable bonds is 6. The van der Waals surface area contributed by atoms with E-state index < -0.39 is 0 Å². The van der Waals surface area contributed by atoms with Crippen LogP contribution in [0.25, 0.3) is 0 Å². The smallest absolute Gasteiger partial charge is 0.129 e. The number of thioether (sulfide) groups is 1. The van der Waals surface area contributed by atoms with Crippen molar-refractivity contribution < 1.29 is 14.6 Å². The van der Waals surface area contributed by atoms with Crippen molar-refractivity contribution in [1.29, 1.82) is 0 Å². The van der Waals surface area contributed by atoms with Gasteiger partial charge in [0.15, 0.2) is 0 Å². The average Bonchev–Trinajstić information content (AvgIpc) is 2.65. The van der Waals surface area contributed by atoms with E-state index in [1.807, 2.05) is 12.1 Å². The molecule has 3 rings (SSSR count). The molecule has 2 aromatic rings. The van der Waals surface area contributed by atoms with Crippen molar-refractivity contribution in [2.75, 3.05) is 12.4 Å². The van der Waals surface area contributed by atoms with Crippen LogP contribution < -0.4 is 9.47 Å². The molecule has 0 amide bonds. The van der Waals surface area contributed by atoms with Crippen molar-refractivity contribution in [3.63, 3.8) is 0 Å². The van der Waals surface area contributed by atoms with Crippen LogP contribution in [-0.2, 0) is 6.42 Å². The van der Waals surface area contributed by atoms with Crippen LogP contribution in [0.4, 0.5) is 0 Å². The number of hydrogen-bond donors (Lipinski definition) is 1. The molecule has 0 aliphatic carbocycles. The van der Waals surface area contributed by atoms with E-state index in [4.69, 9.17) is 9.47 Å². The molecule has 0 aromatic heterocycles. The van der Waals surface area contributed by atoms with E-state index in [9.17, 15) is 5.11 Å².